The highest BCUT2D eigenvalue weighted by atomic mass is 35.5. The van der Waals surface area contributed by atoms with Crippen molar-refractivity contribution in [2.75, 3.05) is 25.1 Å². The summed E-state index contributed by atoms with van der Waals surface area (Å²) in [6, 6.07) is 5.87. The molecule has 1 fully saturated rings. The van der Waals surface area contributed by atoms with Crippen LogP contribution >= 0.6 is 11.6 Å². The molecular weight excluding hydrogens is 482 g/mol. The van der Waals surface area contributed by atoms with Gasteiger partial charge in [0.1, 0.15) is 24.1 Å². The number of nitrogens with zero attached hydrogens (tertiary/aromatic N) is 5. The maximum absolute atomic E-state index is 9.19. The van der Waals surface area contributed by atoms with Gasteiger partial charge in [-0.2, -0.15) is 0 Å². The van der Waals surface area contributed by atoms with E-state index in [1.165, 1.54) is 25.6 Å². The molecule has 1 aliphatic rings. The molecule has 0 saturated heterocycles. The van der Waals surface area contributed by atoms with Crippen molar-refractivity contribution in [1.29, 1.82) is 0 Å². The van der Waals surface area contributed by atoms with Crippen molar-refractivity contribution in [3.63, 3.8) is 0 Å². The number of anilines is 2. The highest BCUT2D eigenvalue weighted by Crippen LogP contribution is 2.34. The SMILES string of the molecule is C[C@@H](CN=CN)Oc1cc(-c2cnc(Nc3cn(C4CCCCC4)nc3OCCO)nc2)ccc1Cl. The number of hydrogen-bond acceptors (Lipinski definition) is 8. The lowest BCUT2D eigenvalue weighted by atomic mass is 9.96. The molecule has 2 heterocycles. The van der Waals surface area contributed by atoms with Gasteiger partial charge >= 0.3 is 0 Å². The Morgan fingerprint density at radius 1 is 1.25 bits per heavy atom. The molecule has 4 N–H and O–H groups in total. The van der Waals surface area contributed by atoms with Crippen molar-refractivity contribution in [1.82, 2.24) is 19.7 Å². The number of aliphatic imine (C=N–C) groups is 1. The van der Waals surface area contributed by atoms with Gasteiger partial charge in [0.2, 0.25) is 5.95 Å². The number of rotatable bonds is 11. The summed E-state index contributed by atoms with van der Waals surface area (Å²) in [7, 11) is 0. The first kappa shape index (κ1) is 25.7. The van der Waals surface area contributed by atoms with Gasteiger partial charge in [-0.1, -0.05) is 36.9 Å². The third-order valence-corrected chi connectivity index (χ3v) is 6.25. The minimum absolute atomic E-state index is 0.0905. The Labute approximate surface area is 215 Å². The summed E-state index contributed by atoms with van der Waals surface area (Å²) in [5.74, 6) is 1.39. The zero-order valence-electron chi connectivity index (χ0n) is 20.3. The van der Waals surface area contributed by atoms with Gasteiger partial charge in [-0.05, 0) is 37.5 Å². The second-order valence-electron chi connectivity index (χ2n) is 8.70. The quantitative estimate of drug-likeness (QED) is 0.254. The molecule has 0 bridgehead atoms. The van der Waals surface area contributed by atoms with E-state index in [9.17, 15) is 5.11 Å². The average Bonchev–Trinajstić information content (AvgIpc) is 3.31. The lowest BCUT2D eigenvalue weighted by Gasteiger charge is -2.21. The topological polar surface area (TPSA) is 133 Å². The molecule has 192 valence electrons. The average molecular weight is 514 g/mol. The summed E-state index contributed by atoms with van der Waals surface area (Å²) in [6.07, 6.45) is 12.3. The molecule has 0 amide bonds. The van der Waals surface area contributed by atoms with Gasteiger partial charge in [0.05, 0.1) is 36.8 Å². The second kappa shape index (κ2) is 12.5. The predicted molar refractivity (Wildman–Crippen MR) is 140 cm³/mol. The number of aromatic nitrogens is 4. The number of nitrogens with two attached hydrogens (primary N) is 1. The standard InChI is InChI=1S/C25H32ClN7O3/c1-17(12-28-16-27)36-23-11-18(7-8-21(23)26)19-13-29-25(30-14-19)31-22-15-33(20-5-3-2-4-6-20)32-24(22)35-10-9-34/h7-8,11,13-17,20,34H,2-6,9-10,12H2,1H3,(H2,27,28)(H,29,30,31)/t17-/m0/s1. The van der Waals surface area contributed by atoms with Gasteiger partial charge in [-0.15, -0.1) is 5.10 Å². The molecule has 0 aliphatic heterocycles. The fourth-order valence-electron chi connectivity index (χ4n) is 4.14. The van der Waals surface area contributed by atoms with Crippen LogP contribution in [0.2, 0.25) is 5.02 Å². The summed E-state index contributed by atoms with van der Waals surface area (Å²) >= 11 is 6.32. The van der Waals surface area contributed by atoms with E-state index in [1.807, 2.05) is 29.9 Å². The molecule has 0 radical (unpaired) electrons. The monoisotopic (exact) mass is 513 g/mol. The Balaban J connectivity index is 1.49. The largest absolute Gasteiger partial charge is 0.487 e. The van der Waals surface area contributed by atoms with E-state index in [0.29, 0.717) is 40.9 Å². The molecule has 3 aromatic rings. The van der Waals surface area contributed by atoms with E-state index in [-0.39, 0.29) is 19.3 Å². The van der Waals surface area contributed by atoms with Crippen LogP contribution in [0, 0.1) is 0 Å². The molecule has 0 spiro atoms. The van der Waals surface area contributed by atoms with E-state index in [4.69, 9.17) is 26.8 Å². The fourth-order valence-corrected chi connectivity index (χ4v) is 4.30. The molecule has 1 atom stereocenters. The van der Waals surface area contributed by atoms with Crippen LogP contribution in [-0.2, 0) is 0 Å². The van der Waals surface area contributed by atoms with Crippen LogP contribution in [0.3, 0.4) is 0 Å². The summed E-state index contributed by atoms with van der Waals surface area (Å²) in [5.41, 5.74) is 7.65. The lowest BCUT2D eigenvalue weighted by molar-refractivity contribution is 0.194. The number of nitrogens with one attached hydrogen (secondary N) is 1. The Hall–Kier alpha value is -3.37. The maximum atomic E-state index is 9.19. The van der Waals surface area contributed by atoms with Crippen molar-refractivity contribution in [3.8, 4) is 22.8 Å². The number of aliphatic hydroxyl groups excluding tert-OH is 1. The van der Waals surface area contributed by atoms with Gasteiger partial charge in [0.15, 0.2) is 0 Å². The highest BCUT2D eigenvalue weighted by molar-refractivity contribution is 6.32. The van der Waals surface area contributed by atoms with Gasteiger partial charge < -0.3 is 25.6 Å². The summed E-state index contributed by atoms with van der Waals surface area (Å²) < 4.78 is 13.5. The molecule has 0 unspecified atom stereocenters. The Bertz CT molecular complexity index is 1150. The summed E-state index contributed by atoms with van der Waals surface area (Å²) in [4.78, 5) is 13.0. The third-order valence-electron chi connectivity index (χ3n) is 5.94. The van der Waals surface area contributed by atoms with Crippen LogP contribution < -0.4 is 20.5 Å². The van der Waals surface area contributed by atoms with Gasteiger partial charge in [0.25, 0.3) is 5.88 Å². The van der Waals surface area contributed by atoms with Crippen molar-refractivity contribution in [2.45, 2.75) is 51.2 Å². The lowest BCUT2D eigenvalue weighted by Crippen LogP contribution is -2.16. The molecule has 10 nitrogen and oxygen atoms in total. The number of aliphatic hydroxyl groups is 1. The van der Waals surface area contributed by atoms with Crippen LogP contribution in [0.4, 0.5) is 11.6 Å². The molecule has 1 saturated carbocycles. The van der Waals surface area contributed by atoms with Crippen molar-refractivity contribution < 1.29 is 14.6 Å². The van der Waals surface area contributed by atoms with Crippen molar-refractivity contribution >= 4 is 29.6 Å². The minimum atomic E-state index is -0.183. The molecule has 4 rings (SSSR count). The van der Waals surface area contributed by atoms with E-state index in [1.54, 1.807) is 18.5 Å². The first-order valence-corrected chi connectivity index (χ1v) is 12.5. The number of hydrogen-bond donors (Lipinski definition) is 3. The van der Waals surface area contributed by atoms with Crippen molar-refractivity contribution in [3.05, 3.63) is 41.8 Å². The van der Waals surface area contributed by atoms with Crippen molar-refractivity contribution in [2.24, 2.45) is 10.7 Å². The molecular formula is C25H32ClN7O3. The summed E-state index contributed by atoms with van der Waals surface area (Å²) in [5, 5.41) is 17.5. The summed E-state index contributed by atoms with van der Waals surface area (Å²) in [6.45, 7) is 2.40. The minimum Gasteiger partial charge on any atom is -0.487 e. The van der Waals surface area contributed by atoms with Gasteiger partial charge in [0, 0.05) is 18.0 Å². The van der Waals surface area contributed by atoms with Crippen LogP contribution in [-0.4, -0.2) is 57.1 Å². The molecule has 2 aromatic heterocycles. The number of benzene rings is 1. The fraction of sp³-hybridized carbons (Fsp3) is 0.440. The first-order chi connectivity index (χ1) is 17.6. The second-order valence-corrected chi connectivity index (χ2v) is 9.11. The Kier molecular flexibility index (Phi) is 8.96. The Morgan fingerprint density at radius 3 is 2.75 bits per heavy atom. The highest BCUT2D eigenvalue weighted by Gasteiger charge is 2.20. The third kappa shape index (κ3) is 6.64. The smallest absolute Gasteiger partial charge is 0.257 e. The normalized spacial score (nSPS) is 15.2. The molecule has 36 heavy (non-hydrogen) atoms. The van der Waals surface area contributed by atoms with Crippen LogP contribution in [0.15, 0.2) is 41.8 Å². The predicted octanol–water partition coefficient (Wildman–Crippen LogP) is 4.37. The zero-order chi connectivity index (χ0) is 25.3. The van der Waals surface area contributed by atoms with Gasteiger partial charge in [-0.25, -0.2) is 9.97 Å². The zero-order valence-corrected chi connectivity index (χ0v) is 21.1. The van der Waals surface area contributed by atoms with E-state index in [0.717, 1.165) is 24.0 Å². The van der Waals surface area contributed by atoms with E-state index < -0.39 is 0 Å². The van der Waals surface area contributed by atoms with Crippen LogP contribution in [0.25, 0.3) is 11.1 Å². The van der Waals surface area contributed by atoms with E-state index >= 15 is 0 Å². The van der Waals surface area contributed by atoms with Gasteiger partial charge in [-0.3, -0.25) is 9.67 Å². The van der Waals surface area contributed by atoms with Crippen LogP contribution in [0.1, 0.15) is 45.1 Å². The first-order valence-electron chi connectivity index (χ1n) is 12.2. The molecule has 11 heteroatoms. The van der Waals surface area contributed by atoms with Crippen LogP contribution in [0.5, 0.6) is 11.6 Å². The number of ether oxygens (including phenoxy) is 2. The molecule has 1 aromatic carbocycles. The number of halogens is 1. The van der Waals surface area contributed by atoms with E-state index in [2.05, 4.69) is 25.4 Å². The molecule has 1 aliphatic carbocycles. The maximum Gasteiger partial charge on any atom is 0.257 e. The Morgan fingerprint density at radius 2 is 2.03 bits per heavy atom.